The van der Waals surface area contributed by atoms with Crippen LogP contribution in [-0.2, 0) is 0 Å². The first kappa shape index (κ1) is 11.9. The van der Waals surface area contributed by atoms with Crippen molar-refractivity contribution in [2.24, 2.45) is 0 Å². The van der Waals surface area contributed by atoms with E-state index in [1.165, 1.54) is 0 Å². The molecule has 5 heteroatoms. The van der Waals surface area contributed by atoms with Crippen molar-refractivity contribution in [2.75, 3.05) is 23.3 Å². The normalized spacial score (nSPS) is 19.2. The highest BCUT2D eigenvalue weighted by Gasteiger charge is 2.21. The van der Waals surface area contributed by atoms with E-state index in [2.05, 4.69) is 25.2 Å². The van der Waals surface area contributed by atoms with Gasteiger partial charge in [0.15, 0.2) is 0 Å². The quantitative estimate of drug-likeness (QED) is 0.908. The van der Waals surface area contributed by atoms with Gasteiger partial charge in [0.2, 0.25) is 5.95 Å². The Bertz CT molecular complexity index is 502. The van der Waals surface area contributed by atoms with Crippen molar-refractivity contribution >= 4 is 11.8 Å². The first-order valence-electron chi connectivity index (χ1n) is 6.61. The van der Waals surface area contributed by atoms with E-state index in [0.717, 1.165) is 37.7 Å². The van der Waals surface area contributed by atoms with Crippen LogP contribution < -0.4 is 10.2 Å². The van der Waals surface area contributed by atoms with Gasteiger partial charge in [0.25, 0.3) is 0 Å². The minimum atomic E-state index is 0.396. The minimum absolute atomic E-state index is 0.396. The Balaban J connectivity index is 1.65. The number of anilines is 2. The molecule has 5 nitrogen and oxygen atoms in total. The van der Waals surface area contributed by atoms with Crippen molar-refractivity contribution < 1.29 is 0 Å². The Labute approximate surface area is 112 Å². The van der Waals surface area contributed by atoms with E-state index in [4.69, 9.17) is 0 Å². The summed E-state index contributed by atoms with van der Waals surface area (Å²) in [5.74, 6) is 1.75. The van der Waals surface area contributed by atoms with Gasteiger partial charge in [0, 0.05) is 37.7 Å². The van der Waals surface area contributed by atoms with Crippen molar-refractivity contribution in [3.05, 3.63) is 42.9 Å². The summed E-state index contributed by atoms with van der Waals surface area (Å²) in [5.41, 5.74) is 0. The first-order valence-corrected chi connectivity index (χ1v) is 6.61. The van der Waals surface area contributed by atoms with E-state index >= 15 is 0 Å². The van der Waals surface area contributed by atoms with Gasteiger partial charge in [-0.15, -0.1) is 0 Å². The summed E-state index contributed by atoms with van der Waals surface area (Å²) in [6, 6.07) is 8.16. The molecule has 1 saturated heterocycles. The van der Waals surface area contributed by atoms with Gasteiger partial charge in [-0.1, -0.05) is 6.07 Å². The summed E-state index contributed by atoms with van der Waals surface area (Å²) in [6.07, 6.45) is 7.68. The number of piperidine rings is 1. The number of nitrogens with zero attached hydrogens (tertiary/aromatic N) is 4. The lowest BCUT2D eigenvalue weighted by atomic mass is 10.1. The van der Waals surface area contributed by atoms with Gasteiger partial charge >= 0.3 is 0 Å². The number of rotatable bonds is 3. The zero-order valence-electron chi connectivity index (χ0n) is 10.7. The Morgan fingerprint density at radius 1 is 1.05 bits per heavy atom. The van der Waals surface area contributed by atoms with Crippen LogP contribution in [0.15, 0.2) is 42.9 Å². The average molecular weight is 255 g/mol. The minimum Gasteiger partial charge on any atom is -0.366 e. The largest absolute Gasteiger partial charge is 0.366 e. The topological polar surface area (TPSA) is 53.9 Å². The molecule has 2 aromatic heterocycles. The SMILES string of the molecule is c1ccc(NC2CCCN(c3ncccn3)C2)nc1. The third-order valence-corrected chi connectivity index (χ3v) is 3.27. The second-order valence-corrected chi connectivity index (χ2v) is 4.69. The van der Waals surface area contributed by atoms with Gasteiger partial charge in [-0.3, -0.25) is 0 Å². The molecule has 1 aliphatic rings. The van der Waals surface area contributed by atoms with Crippen molar-refractivity contribution in [2.45, 2.75) is 18.9 Å². The molecular formula is C14H17N5. The monoisotopic (exact) mass is 255 g/mol. The van der Waals surface area contributed by atoms with Gasteiger partial charge in [0.05, 0.1) is 0 Å². The maximum atomic E-state index is 4.32. The molecule has 19 heavy (non-hydrogen) atoms. The molecule has 1 N–H and O–H groups in total. The Morgan fingerprint density at radius 3 is 2.68 bits per heavy atom. The fraction of sp³-hybridized carbons (Fsp3) is 0.357. The van der Waals surface area contributed by atoms with E-state index in [1.54, 1.807) is 12.4 Å². The molecule has 3 heterocycles. The molecule has 98 valence electrons. The van der Waals surface area contributed by atoms with Crippen LogP contribution in [0, 0.1) is 0 Å². The van der Waals surface area contributed by atoms with Crippen LogP contribution in [0.2, 0.25) is 0 Å². The smallest absolute Gasteiger partial charge is 0.225 e. The lowest BCUT2D eigenvalue weighted by molar-refractivity contribution is 0.521. The summed E-state index contributed by atoms with van der Waals surface area (Å²) in [5, 5.41) is 3.47. The van der Waals surface area contributed by atoms with E-state index in [0.29, 0.717) is 6.04 Å². The van der Waals surface area contributed by atoms with Crippen LogP contribution in [0.1, 0.15) is 12.8 Å². The molecule has 1 atom stereocenters. The molecule has 0 aromatic carbocycles. The molecule has 2 aromatic rings. The average Bonchev–Trinajstić information content (AvgIpc) is 2.49. The summed E-state index contributed by atoms with van der Waals surface area (Å²) in [6.45, 7) is 1.94. The van der Waals surface area contributed by atoms with Crippen molar-refractivity contribution in [3.8, 4) is 0 Å². The predicted octanol–water partition coefficient (Wildman–Crippen LogP) is 1.95. The molecule has 0 spiro atoms. The molecular weight excluding hydrogens is 238 g/mol. The summed E-state index contributed by atoms with van der Waals surface area (Å²) in [7, 11) is 0. The maximum Gasteiger partial charge on any atom is 0.225 e. The predicted molar refractivity (Wildman–Crippen MR) is 75.1 cm³/mol. The van der Waals surface area contributed by atoms with Gasteiger partial charge in [-0.05, 0) is 31.0 Å². The highest BCUT2D eigenvalue weighted by atomic mass is 15.3. The van der Waals surface area contributed by atoms with Gasteiger partial charge in [0.1, 0.15) is 5.82 Å². The van der Waals surface area contributed by atoms with Gasteiger partial charge < -0.3 is 10.2 Å². The van der Waals surface area contributed by atoms with Gasteiger partial charge in [-0.2, -0.15) is 0 Å². The van der Waals surface area contributed by atoms with Crippen LogP contribution in [-0.4, -0.2) is 34.1 Å². The molecule has 1 unspecified atom stereocenters. The summed E-state index contributed by atoms with van der Waals surface area (Å²) >= 11 is 0. The molecule has 0 amide bonds. The number of aromatic nitrogens is 3. The van der Waals surface area contributed by atoms with Crippen LogP contribution in [0.3, 0.4) is 0 Å². The number of pyridine rings is 1. The fourth-order valence-electron chi connectivity index (χ4n) is 2.39. The molecule has 3 rings (SSSR count). The molecule has 0 saturated carbocycles. The molecule has 0 bridgehead atoms. The Kier molecular flexibility index (Phi) is 3.54. The van der Waals surface area contributed by atoms with E-state index < -0.39 is 0 Å². The van der Waals surface area contributed by atoms with Crippen LogP contribution in [0.5, 0.6) is 0 Å². The van der Waals surface area contributed by atoms with E-state index in [-0.39, 0.29) is 0 Å². The number of hydrogen-bond donors (Lipinski definition) is 1. The molecule has 1 fully saturated rings. The lowest BCUT2D eigenvalue weighted by Crippen LogP contribution is -2.43. The number of hydrogen-bond acceptors (Lipinski definition) is 5. The Morgan fingerprint density at radius 2 is 1.89 bits per heavy atom. The van der Waals surface area contributed by atoms with Crippen molar-refractivity contribution in [1.82, 2.24) is 15.0 Å². The standard InChI is InChI=1S/C14H17N5/c1-2-7-15-13(6-1)18-12-5-3-10-19(11-12)14-16-8-4-9-17-14/h1-2,4,6-9,12H,3,5,10-11H2,(H,15,18). The van der Waals surface area contributed by atoms with Crippen LogP contribution in [0.25, 0.3) is 0 Å². The summed E-state index contributed by atoms with van der Waals surface area (Å²) < 4.78 is 0. The van der Waals surface area contributed by atoms with Crippen LogP contribution in [0.4, 0.5) is 11.8 Å². The zero-order valence-corrected chi connectivity index (χ0v) is 10.7. The highest BCUT2D eigenvalue weighted by Crippen LogP contribution is 2.17. The molecule has 0 aliphatic carbocycles. The second-order valence-electron chi connectivity index (χ2n) is 4.69. The zero-order chi connectivity index (χ0) is 12.9. The molecule has 1 aliphatic heterocycles. The fourth-order valence-corrected chi connectivity index (χ4v) is 2.39. The third kappa shape index (κ3) is 2.99. The second kappa shape index (κ2) is 5.65. The summed E-state index contributed by atoms with van der Waals surface area (Å²) in [4.78, 5) is 15.2. The van der Waals surface area contributed by atoms with Gasteiger partial charge in [-0.25, -0.2) is 15.0 Å². The van der Waals surface area contributed by atoms with Crippen molar-refractivity contribution in [1.29, 1.82) is 0 Å². The number of nitrogens with one attached hydrogen (secondary N) is 1. The lowest BCUT2D eigenvalue weighted by Gasteiger charge is -2.33. The Hall–Kier alpha value is -2.17. The first-order chi connectivity index (χ1) is 9.42. The van der Waals surface area contributed by atoms with E-state index in [1.807, 2.05) is 30.5 Å². The van der Waals surface area contributed by atoms with Crippen LogP contribution >= 0.6 is 0 Å². The van der Waals surface area contributed by atoms with E-state index in [9.17, 15) is 0 Å². The van der Waals surface area contributed by atoms with Crippen molar-refractivity contribution in [3.63, 3.8) is 0 Å². The maximum absolute atomic E-state index is 4.32. The third-order valence-electron chi connectivity index (χ3n) is 3.27. The molecule has 0 radical (unpaired) electrons. The highest BCUT2D eigenvalue weighted by molar-refractivity contribution is 5.37.